The molecule has 0 saturated carbocycles. The minimum absolute atomic E-state index is 0.886. The van der Waals surface area contributed by atoms with Gasteiger partial charge in [0.1, 0.15) is 22.3 Å². The van der Waals surface area contributed by atoms with Crippen LogP contribution in [0, 0.1) is 0 Å². The van der Waals surface area contributed by atoms with E-state index in [0.29, 0.717) is 0 Å². The molecule has 13 rings (SSSR count). The third kappa shape index (κ3) is 4.21. The fraction of sp³-hybridized carbons (Fsp3) is 0. The molecule has 0 aliphatic carbocycles. The highest BCUT2D eigenvalue weighted by Crippen LogP contribution is 2.43. The number of benzene rings is 11. The van der Waals surface area contributed by atoms with E-state index in [0.717, 1.165) is 55.0 Å². The molecule has 0 atom stereocenters. The lowest BCUT2D eigenvalue weighted by molar-refractivity contribution is 0.668. The molecule has 0 unspecified atom stereocenters. The summed E-state index contributed by atoms with van der Waals surface area (Å²) < 4.78 is 12.8. The van der Waals surface area contributed by atoms with Crippen LogP contribution in [0.1, 0.15) is 0 Å². The molecule has 0 spiro atoms. The lowest BCUT2D eigenvalue weighted by Crippen LogP contribution is -1.87. The topological polar surface area (TPSA) is 26.3 Å². The van der Waals surface area contributed by atoms with Crippen LogP contribution in [0.15, 0.2) is 191 Å². The first-order valence-corrected chi connectivity index (χ1v) is 19.2. The number of rotatable bonds is 3. The van der Waals surface area contributed by atoms with Gasteiger partial charge in [-0.15, -0.1) is 0 Å². The molecule has 0 saturated heterocycles. The lowest BCUT2D eigenvalue weighted by atomic mass is 9.89. The third-order valence-corrected chi connectivity index (χ3v) is 12.2. The van der Waals surface area contributed by atoms with E-state index in [2.05, 4.69) is 182 Å². The van der Waals surface area contributed by atoms with Gasteiger partial charge in [-0.1, -0.05) is 127 Å². The number of fused-ring (bicyclic) bond motifs is 9. The Balaban J connectivity index is 0.947. The zero-order valence-corrected chi connectivity index (χ0v) is 30.1. The van der Waals surface area contributed by atoms with Crippen LogP contribution in [-0.4, -0.2) is 0 Å². The Hall–Kier alpha value is -7.42. The van der Waals surface area contributed by atoms with Crippen molar-refractivity contribution in [2.45, 2.75) is 0 Å². The molecule has 13 aromatic rings. The summed E-state index contributed by atoms with van der Waals surface area (Å²) in [5.41, 5.74) is 10.7. The molecule has 2 heterocycles. The molecule has 2 nitrogen and oxygen atoms in total. The molecular weight excluding hydrogens is 681 g/mol. The molecule has 0 aliphatic heterocycles. The van der Waals surface area contributed by atoms with Crippen molar-refractivity contribution < 1.29 is 8.83 Å². The number of hydrogen-bond acceptors (Lipinski definition) is 2. The van der Waals surface area contributed by atoms with E-state index in [-0.39, 0.29) is 0 Å². The van der Waals surface area contributed by atoms with Gasteiger partial charge in [0.15, 0.2) is 0 Å². The van der Waals surface area contributed by atoms with Crippen molar-refractivity contribution >= 4 is 97.7 Å². The van der Waals surface area contributed by atoms with Gasteiger partial charge in [0.2, 0.25) is 0 Å². The van der Waals surface area contributed by atoms with Gasteiger partial charge < -0.3 is 8.83 Å². The van der Waals surface area contributed by atoms with E-state index < -0.39 is 0 Å². The van der Waals surface area contributed by atoms with Crippen LogP contribution in [0.2, 0.25) is 0 Å². The van der Waals surface area contributed by atoms with Gasteiger partial charge >= 0.3 is 0 Å². The van der Waals surface area contributed by atoms with Crippen molar-refractivity contribution in [3.05, 3.63) is 182 Å². The summed E-state index contributed by atoms with van der Waals surface area (Å²) in [7, 11) is 0. The van der Waals surface area contributed by atoms with Gasteiger partial charge in [-0.05, 0) is 142 Å². The molecular formula is C54H30O2. The normalized spacial score (nSPS) is 12.3. The van der Waals surface area contributed by atoms with Gasteiger partial charge in [-0.3, -0.25) is 0 Å². The summed E-state index contributed by atoms with van der Waals surface area (Å²) in [4.78, 5) is 0. The molecule has 56 heavy (non-hydrogen) atoms. The van der Waals surface area contributed by atoms with Gasteiger partial charge in [-0.2, -0.15) is 0 Å². The van der Waals surface area contributed by atoms with Gasteiger partial charge in [-0.25, -0.2) is 0 Å². The quantitative estimate of drug-likeness (QED) is 0.171. The van der Waals surface area contributed by atoms with Crippen LogP contribution < -0.4 is 0 Å². The Morgan fingerprint density at radius 1 is 0.232 bits per heavy atom. The molecule has 11 aromatic carbocycles. The van der Waals surface area contributed by atoms with Crippen molar-refractivity contribution in [2.24, 2.45) is 0 Å². The second kappa shape index (κ2) is 11.1. The van der Waals surface area contributed by atoms with Crippen LogP contribution in [-0.2, 0) is 0 Å². The first kappa shape index (κ1) is 30.0. The molecule has 2 heteroatoms. The van der Waals surface area contributed by atoms with Crippen molar-refractivity contribution in [3.8, 4) is 33.4 Å². The zero-order valence-electron chi connectivity index (χ0n) is 30.1. The average molecular weight is 711 g/mol. The van der Waals surface area contributed by atoms with Crippen molar-refractivity contribution in [1.29, 1.82) is 0 Å². The van der Waals surface area contributed by atoms with Crippen LogP contribution in [0.5, 0.6) is 0 Å². The molecule has 258 valence electrons. The molecule has 0 bridgehead atoms. The van der Waals surface area contributed by atoms with Gasteiger partial charge in [0.25, 0.3) is 0 Å². The van der Waals surface area contributed by atoms with Crippen LogP contribution in [0.25, 0.3) is 131 Å². The van der Waals surface area contributed by atoms with Crippen molar-refractivity contribution in [3.63, 3.8) is 0 Å². The summed E-state index contributed by atoms with van der Waals surface area (Å²) in [5, 5.41) is 17.3. The van der Waals surface area contributed by atoms with Gasteiger partial charge in [0.05, 0.1) is 0 Å². The highest BCUT2D eigenvalue weighted by atomic mass is 16.3. The molecule has 0 N–H and O–H groups in total. The fourth-order valence-electron chi connectivity index (χ4n) is 9.53. The van der Waals surface area contributed by atoms with E-state index in [1.807, 2.05) is 0 Å². The van der Waals surface area contributed by atoms with E-state index >= 15 is 0 Å². The molecule has 2 aromatic heterocycles. The maximum absolute atomic E-state index is 6.43. The maximum atomic E-state index is 6.43. The van der Waals surface area contributed by atoms with Crippen LogP contribution in [0.3, 0.4) is 0 Å². The van der Waals surface area contributed by atoms with E-state index in [9.17, 15) is 0 Å². The SMILES string of the molecule is c1ccc2c(c1)cc(-c1ccc3oc4ccc(-c5ccc6oc7ccc(-c8ccc9ccc%10cccc%11ccc8c9c%10%11)cc7c6c5)cc4c3c1)c1ccccc12. The van der Waals surface area contributed by atoms with Crippen molar-refractivity contribution in [1.82, 2.24) is 0 Å². The summed E-state index contributed by atoms with van der Waals surface area (Å²) in [5.74, 6) is 0. The summed E-state index contributed by atoms with van der Waals surface area (Å²) in [6, 6.07) is 66.2. The predicted octanol–water partition coefficient (Wildman–Crippen LogP) is 15.7. The zero-order chi connectivity index (χ0) is 36.5. The molecule has 0 aliphatic rings. The molecule has 0 radical (unpaired) electrons. The van der Waals surface area contributed by atoms with Gasteiger partial charge in [0, 0.05) is 21.5 Å². The minimum Gasteiger partial charge on any atom is -0.456 e. The third-order valence-electron chi connectivity index (χ3n) is 12.2. The lowest BCUT2D eigenvalue weighted by Gasteiger charge is -2.14. The Morgan fingerprint density at radius 3 is 1.34 bits per heavy atom. The second-order valence-corrected chi connectivity index (χ2v) is 15.2. The minimum atomic E-state index is 0.886. The highest BCUT2D eigenvalue weighted by Gasteiger charge is 2.17. The Morgan fingerprint density at radius 2 is 0.696 bits per heavy atom. The molecule has 0 amide bonds. The van der Waals surface area contributed by atoms with E-state index in [1.54, 1.807) is 0 Å². The number of furan rings is 2. The standard InChI is InChI=1S/C54H30O2/c1-2-9-39-36(6-1)28-44(42-11-4-3-10-41(39)42)38-19-25-52-48(30-38)46-27-35(17-23-50(46)56-52)34-16-22-49-45(26-34)47-29-37(18-24-51(47)55-49)40-20-14-33-13-12-31-7-5-8-32-15-21-43(40)54(33)53(31)32/h1-30H. The first-order valence-electron chi connectivity index (χ1n) is 19.2. The smallest absolute Gasteiger partial charge is 0.135 e. The Labute approximate surface area is 320 Å². The average Bonchev–Trinajstić information content (AvgIpc) is 3.82. The summed E-state index contributed by atoms with van der Waals surface area (Å²) >= 11 is 0. The summed E-state index contributed by atoms with van der Waals surface area (Å²) in [6.07, 6.45) is 0. The van der Waals surface area contributed by atoms with E-state index in [4.69, 9.17) is 8.83 Å². The Kier molecular flexibility index (Phi) is 5.92. The predicted molar refractivity (Wildman–Crippen MR) is 236 cm³/mol. The largest absolute Gasteiger partial charge is 0.456 e. The van der Waals surface area contributed by atoms with Crippen molar-refractivity contribution in [2.75, 3.05) is 0 Å². The second-order valence-electron chi connectivity index (χ2n) is 15.2. The number of hydrogen-bond donors (Lipinski definition) is 0. The van der Waals surface area contributed by atoms with Crippen LogP contribution in [0.4, 0.5) is 0 Å². The Bertz CT molecular complexity index is 3750. The summed E-state index contributed by atoms with van der Waals surface area (Å²) in [6.45, 7) is 0. The van der Waals surface area contributed by atoms with E-state index in [1.165, 1.54) is 76.1 Å². The first-order chi connectivity index (χ1) is 27.7. The monoisotopic (exact) mass is 710 g/mol. The van der Waals surface area contributed by atoms with Crippen LogP contribution >= 0.6 is 0 Å². The molecule has 0 fully saturated rings. The maximum Gasteiger partial charge on any atom is 0.135 e. The fourth-order valence-corrected chi connectivity index (χ4v) is 9.53. The highest BCUT2D eigenvalue weighted by molar-refractivity contribution is 6.26.